The van der Waals surface area contributed by atoms with E-state index in [1.807, 2.05) is 39.8 Å². The molecule has 0 spiro atoms. The van der Waals surface area contributed by atoms with Crippen molar-refractivity contribution in [3.05, 3.63) is 29.8 Å². The minimum absolute atomic E-state index is 0.0602. The Balaban J connectivity index is 2.34. The average molecular weight is 274 g/mol. The van der Waals surface area contributed by atoms with E-state index < -0.39 is 5.41 Å². The highest BCUT2D eigenvalue weighted by Gasteiger charge is 2.50. The van der Waals surface area contributed by atoms with Gasteiger partial charge in [-0.15, -0.1) is 0 Å². The maximum atomic E-state index is 12.6. The topological polar surface area (TPSA) is 63.4 Å². The van der Waals surface area contributed by atoms with Crippen LogP contribution >= 0.6 is 0 Å². The summed E-state index contributed by atoms with van der Waals surface area (Å²) in [7, 11) is 0. The van der Waals surface area contributed by atoms with Gasteiger partial charge in [0.15, 0.2) is 0 Å². The van der Waals surface area contributed by atoms with Crippen molar-refractivity contribution in [3.8, 4) is 0 Å². The highest BCUT2D eigenvalue weighted by atomic mass is 16.2. The van der Waals surface area contributed by atoms with E-state index in [9.17, 15) is 9.59 Å². The lowest BCUT2D eigenvalue weighted by molar-refractivity contribution is -0.126. The summed E-state index contributed by atoms with van der Waals surface area (Å²) < 4.78 is 0. The van der Waals surface area contributed by atoms with Gasteiger partial charge in [-0.2, -0.15) is 0 Å². The van der Waals surface area contributed by atoms with Gasteiger partial charge in [-0.25, -0.2) is 0 Å². The second-order valence-electron chi connectivity index (χ2n) is 6.16. The smallest absolute Gasteiger partial charge is 0.240 e. The first-order chi connectivity index (χ1) is 9.27. The van der Waals surface area contributed by atoms with E-state index in [0.717, 1.165) is 5.56 Å². The molecule has 2 amide bonds. The van der Waals surface area contributed by atoms with E-state index >= 15 is 0 Å². The minimum Gasteiger partial charge on any atom is -0.324 e. The fourth-order valence-electron chi connectivity index (χ4n) is 2.48. The van der Waals surface area contributed by atoms with Crippen molar-refractivity contribution in [1.29, 1.82) is 0 Å². The molecule has 20 heavy (non-hydrogen) atoms. The highest BCUT2D eigenvalue weighted by molar-refractivity contribution is 6.22. The Bertz CT molecular complexity index is 534. The monoisotopic (exact) mass is 274 g/mol. The molecule has 0 aliphatic carbocycles. The third-order valence-corrected chi connectivity index (χ3v) is 4.41. The first kappa shape index (κ1) is 14.7. The lowest BCUT2D eigenvalue weighted by Gasteiger charge is -2.26. The van der Waals surface area contributed by atoms with Gasteiger partial charge in [-0.3, -0.25) is 14.5 Å². The molecule has 1 aromatic rings. The molecule has 0 bridgehead atoms. The van der Waals surface area contributed by atoms with Crippen molar-refractivity contribution >= 4 is 17.5 Å². The van der Waals surface area contributed by atoms with Crippen molar-refractivity contribution in [1.82, 2.24) is 0 Å². The Kier molecular flexibility index (Phi) is 3.69. The van der Waals surface area contributed by atoms with Crippen molar-refractivity contribution < 1.29 is 9.59 Å². The number of benzene rings is 1. The molecule has 4 nitrogen and oxygen atoms in total. The second kappa shape index (κ2) is 5.02. The molecular formula is C16H22N2O2. The van der Waals surface area contributed by atoms with Gasteiger partial charge in [0.2, 0.25) is 11.8 Å². The van der Waals surface area contributed by atoms with Crippen LogP contribution in [0.1, 0.15) is 45.7 Å². The first-order valence-corrected chi connectivity index (χ1v) is 7.00. The number of hydrogen-bond acceptors (Lipinski definition) is 3. The van der Waals surface area contributed by atoms with E-state index in [1.165, 1.54) is 4.90 Å². The highest BCUT2D eigenvalue weighted by Crippen LogP contribution is 2.41. The van der Waals surface area contributed by atoms with Crippen LogP contribution in [0.5, 0.6) is 0 Å². The average Bonchev–Trinajstić information content (AvgIpc) is 2.61. The summed E-state index contributed by atoms with van der Waals surface area (Å²) >= 11 is 0. The molecule has 2 unspecified atom stereocenters. The van der Waals surface area contributed by atoms with Crippen molar-refractivity contribution in [2.24, 2.45) is 17.1 Å². The maximum Gasteiger partial charge on any atom is 0.240 e. The van der Waals surface area contributed by atoms with Crippen LogP contribution in [0.4, 0.5) is 5.69 Å². The number of carbonyl (C=O) groups is 2. The molecule has 1 aliphatic rings. The number of nitrogens with two attached hydrogens (primary N) is 1. The van der Waals surface area contributed by atoms with Gasteiger partial charge >= 0.3 is 0 Å². The lowest BCUT2D eigenvalue weighted by atomic mass is 9.78. The molecule has 1 fully saturated rings. The van der Waals surface area contributed by atoms with Crippen LogP contribution < -0.4 is 10.6 Å². The number of nitrogens with zero attached hydrogens (tertiary/aromatic N) is 1. The minimum atomic E-state index is -0.600. The number of hydrogen-bond donors (Lipinski definition) is 1. The Morgan fingerprint density at radius 2 is 1.70 bits per heavy atom. The number of carbonyl (C=O) groups excluding carboxylic acids is 2. The molecule has 2 atom stereocenters. The Labute approximate surface area is 119 Å². The Morgan fingerprint density at radius 1 is 1.15 bits per heavy atom. The molecule has 2 rings (SSSR count). The van der Waals surface area contributed by atoms with Crippen LogP contribution in [0.15, 0.2) is 24.3 Å². The van der Waals surface area contributed by atoms with Crippen molar-refractivity contribution in [2.75, 3.05) is 4.90 Å². The number of rotatable bonds is 3. The largest absolute Gasteiger partial charge is 0.324 e. The van der Waals surface area contributed by atoms with Gasteiger partial charge in [-0.05, 0) is 37.5 Å². The molecule has 1 aromatic carbocycles. The van der Waals surface area contributed by atoms with Crippen LogP contribution in [0.2, 0.25) is 0 Å². The third kappa shape index (κ3) is 2.24. The first-order valence-electron chi connectivity index (χ1n) is 7.00. The van der Waals surface area contributed by atoms with E-state index in [0.29, 0.717) is 5.69 Å². The Morgan fingerprint density at radius 3 is 2.10 bits per heavy atom. The van der Waals surface area contributed by atoms with Gasteiger partial charge in [-0.1, -0.05) is 26.0 Å². The quantitative estimate of drug-likeness (QED) is 0.862. The molecule has 1 aliphatic heterocycles. The van der Waals surface area contributed by atoms with Crippen LogP contribution in [0, 0.1) is 11.3 Å². The number of imide groups is 1. The molecule has 4 heteroatoms. The fraction of sp³-hybridized carbons (Fsp3) is 0.500. The SMILES string of the molecule is CC(N)c1ccc(N2C(=O)CC(C)(C(C)C)C2=O)cc1. The van der Waals surface area contributed by atoms with E-state index in [1.54, 1.807) is 12.1 Å². The molecule has 2 N–H and O–H groups in total. The zero-order valence-corrected chi connectivity index (χ0v) is 12.5. The Hall–Kier alpha value is -1.68. The molecule has 1 heterocycles. The zero-order valence-electron chi connectivity index (χ0n) is 12.5. The summed E-state index contributed by atoms with van der Waals surface area (Å²) in [6, 6.07) is 7.26. The summed E-state index contributed by atoms with van der Waals surface area (Å²) in [6.45, 7) is 7.73. The summed E-state index contributed by atoms with van der Waals surface area (Å²) in [6.07, 6.45) is 0.276. The predicted octanol–water partition coefficient (Wildman–Crippen LogP) is 2.63. The molecule has 0 saturated carbocycles. The van der Waals surface area contributed by atoms with Gasteiger partial charge in [0, 0.05) is 12.5 Å². The van der Waals surface area contributed by atoms with Crippen LogP contribution in [-0.4, -0.2) is 11.8 Å². The van der Waals surface area contributed by atoms with E-state index in [-0.39, 0.29) is 30.2 Å². The van der Waals surface area contributed by atoms with E-state index in [4.69, 9.17) is 5.73 Å². The summed E-state index contributed by atoms with van der Waals surface area (Å²) in [5.41, 5.74) is 6.83. The van der Waals surface area contributed by atoms with Gasteiger partial charge in [0.05, 0.1) is 11.1 Å². The summed E-state index contributed by atoms with van der Waals surface area (Å²) in [5.74, 6) is -0.0990. The van der Waals surface area contributed by atoms with Crippen LogP contribution in [0.3, 0.4) is 0 Å². The maximum absolute atomic E-state index is 12.6. The van der Waals surface area contributed by atoms with E-state index in [2.05, 4.69) is 0 Å². The zero-order chi connectivity index (χ0) is 15.1. The van der Waals surface area contributed by atoms with Crippen molar-refractivity contribution in [3.63, 3.8) is 0 Å². The molecule has 108 valence electrons. The van der Waals surface area contributed by atoms with Gasteiger partial charge in [0.1, 0.15) is 0 Å². The summed E-state index contributed by atoms with van der Waals surface area (Å²) in [4.78, 5) is 26.1. The molecule has 1 saturated heterocycles. The lowest BCUT2D eigenvalue weighted by Crippen LogP contribution is -2.36. The number of anilines is 1. The summed E-state index contributed by atoms with van der Waals surface area (Å²) in [5, 5.41) is 0. The third-order valence-electron chi connectivity index (χ3n) is 4.41. The second-order valence-corrected chi connectivity index (χ2v) is 6.16. The van der Waals surface area contributed by atoms with Crippen molar-refractivity contribution in [2.45, 2.75) is 40.2 Å². The normalized spacial score (nSPS) is 24.6. The fourth-order valence-corrected chi connectivity index (χ4v) is 2.48. The standard InChI is InChI=1S/C16H22N2O2/c1-10(2)16(4)9-14(19)18(15(16)20)13-7-5-12(6-8-13)11(3)17/h5-8,10-11H,9,17H2,1-4H3. The molecule has 0 radical (unpaired) electrons. The van der Waals surface area contributed by atoms with Crippen LogP contribution in [0.25, 0.3) is 0 Å². The molecular weight excluding hydrogens is 252 g/mol. The van der Waals surface area contributed by atoms with Gasteiger partial charge in [0.25, 0.3) is 0 Å². The number of amides is 2. The predicted molar refractivity (Wildman–Crippen MR) is 79.1 cm³/mol. The van der Waals surface area contributed by atoms with Gasteiger partial charge < -0.3 is 5.73 Å². The van der Waals surface area contributed by atoms with Crippen LogP contribution in [-0.2, 0) is 9.59 Å². The molecule has 0 aromatic heterocycles.